The topological polar surface area (TPSA) is 322 Å². The van der Waals surface area contributed by atoms with E-state index in [0.29, 0.717) is 58.9 Å². The van der Waals surface area contributed by atoms with Crippen molar-refractivity contribution in [1.29, 1.82) is 0 Å². The van der Waals surface area contributed by atoms with Gasteiger partial charge < -0.3 is 61.2 Å². The third-order valence-electron chi connectivity index (χ3n) is 9.13. The summed E-state index contributed by atoms with van der Waals surface area (Å²) in [6, 6.07) is -4.25. The molecule has 0 aromatic rings. The molecule has 0 aliphatic carbocycles. The second-order valence-corrected chi connectivity index (χ2v) is 14.4. The number of carbonyl (C=O) groups excluding carboxylic acids is 5. The van der Waals surface area contributed by atoms with Gasteiger partial charge in [-0.1, -0.05) is 64.2 Å². The lowest BCUT2D eigenvalue weighted by molar-refractivity contribution is -0.143. The normalized spacial score (nSPS) is 12.3. The fraction of sp³-hybridized carbons (Fsp3) is 0.775. The fourth-order valence-corrected chi connectivity index (χ4v) is 5.78. The van der Waals surface area contributed by atoms with Crippen LogP contribution < -0.4 is 26.6 Å². The molecule has 0 fully saturated rings. The van der Waals surface area contributed by atoms with Crippen LogP contribution in [0.4, 0.5) is 0 Å². The average Bonchev–Trinajstić information content (AvgIpc) is 3.20. The largest absolute Gasteiger partial charge is 0.481 e. The quantitative estimate of drug-likeness (QED) is 0.0310. The molecule has 0 spiro atoms. The lowest BCUT2D eigenvalue weighted by Gasteiger charge is -2.18. The zero-order chi connectivity index (χ0) is 45.5. The Kier molecular flexibility index (Phi) is 35.0. The molecular weight excluding hydrogens is 806 g/mol. The number of carbonyl (C=O) groups is 9. The molecular formula is C40H69N5O16. The summed E-state index contributed by atoms with van der Waals surface area (Å²) in [7, 11) is 0. The summed E-state index contributed by atoms with van der Waals surface area (Å²) in [5, 5.41) is 48.1. The molecule has 0 aliphatic heterocycles. The zero-order valence-electron chi connectivity index (χ0n) is 35.3. The highest BCUT2D eigenvalue weighted by Gasteiger charge is 2.27. The van der Waals surface area contributed by atoms with Crippen LogP contribution in [0, 0.1) is 0 Å². The Morgan fingerprint density at radius 2 is 0.902 bits per heavy atom. The first-order valence-electron chi connectivity index (χ1n) is 21.2. The van der Waals surface area contributed by atoms with E-state index >= 15 is 0 Å². The van der Waals surface area contributed by atoms with E-state index in [1.807, 2.05) is 5.32 Å². The molecule has 0 saturated heterocycles. The van der Waals surface area contributed by atoms with Crippen molar-refractivity contribution in [3.05, 3.63) is 0 Å². The van der Waals surface area contributed by atoms with Gasteiger partial charge in [0, 0.05) is 45.6 Å². The van der Waals surface area contributed by atoms with Crippen LogP contribution >= 0.6 is 0 Å². The number of carboxylic acid groups (broad SMARTS) is 4. The van der Waals surface area contributed by atoms with E-state index < -0.39 is 72.1 Å². The van der Waals surface area contributed by atoms with Gasteiger partial charge in [-0.25, -0.2) is 9.59 Å². The van der Waals surface area contributed by atoms with Gasteiger partial charge in [0.1, 0.15) is 18.1 Å². The standard InChI is InChI=1S/C40H69N5O16/c46-29-43-31(28-37(52)53)38(54)45-30(39(55)56)17-18-33(47)41-19-13-21-59-23-25-61-26-24-60-22-14-20-42-35(49)27-32(40(57)58)44-34(48)15-11-9-7-5-3-1-2-4-6-8-10-12-16-36(50)51/h29-32H,1-28H2,(H,41,47)(H,42,49)(H,43,46)(H,44,48)(H,45,54)(H,50,51)(H,52,53)(H,55,56)(H,57,58)/t30-,31-,32-/m0/s1. The van der Waals surface area contributed by atoms with Gasteiger partial charge in [-0.2, -0.15) is 0 Å². The monoisotopic (exact) mass is 875 g/mol. The van der Waals surface area contributed by atoms with Crippen LogP contribution in [-0.2, 0) is 57.4 Å². The van der Waals surface area contributed by atoms with E-state index in [9.17, 15) is 53.4 Å². The average molecular weight is 876 g/mol. The van der Waals surface area contributed by atoms with Crippen LogP contribution in [0.25, 0.3) is 0 Å². The molecule has 9 N–H and O–H groups in total. The van der Waals surface area contributed by atoms with Crippen molar-refractivity contribution in [3.63, 3.8) is 0 Å². The second kappa shape index (κ2) is 38.1. The highest BCUT2D eigenvalue weighted by molar-refractivity contribution is 5.91. The van der Waals surface area contributed by atoms with E-state index in [1.165, 1.54) is 6.42 Å². The lowest BCUT2D eigenvalue weighted by Crippen LogP contribution is -2.50. The SMILES string of the molecule is O=CN[C@@H](CC(=O)O)C(=O)N[C@@H](CCC(=O)NCCCOCCOCCOCCCNC(=O)C[C@H](NC(=O)CCCCCCCCCCCCCCC(=O)O)C(=O)O)C(=O)O. The Labute approximate surface area is 357 Å². The van der Waals surface area contributed by atoms with E-state index in [4.69, 9.17) is 24.4 Å². The van der Waals surface area contributed by atoms with Crippen molar-refractivity contribution in [3.8, 4) is 0 Å². The highest BCUT2D eigenvalue weighted by atomic mass is 16.5. The van der Waals surface area contributed by atoms with Crippen molar-refractivity contribution < 1.29 is 77.8 Å². The molecule has 0 aliphatic rings. The molecule has 0 aromatic heterocycles. The molecule has 0 unspecified atom stereocenters. The molecule has 0 rings (SSSR count). The van der Waals surface area contributed by atoms with Crippen molar-refractivity contribution in [2.24, 2.45) is 0 Å². The van der Waals surface area contributed by atoms with Crippen LogP contribution in [0.2, 0.25) is 0 Å². The van der Waals surface area contributed by atoms with Crippen molar-refractivity contribution in [2.75, 3.05) is 52.7 Å². The molecule has 21 nitrogen and oxygen atoms in total. The molecule has 0 radical (unpaired) electrons. The maximum atomic E-state index is 12.3. The number of ether oxygens (including phenoxy) is 3. The van der Waals surface area contributed by atoms with Crippen LogP contribution in [0.5, 0.6) is 0 Å². The van der Waals surface area contributed by atoms with Gasteiger partial charge in [0.05, 0.1) is 39.3 Å². The summed E-state index contributed by atoms with van der Waals surface area (Å²) in [5.74, 6) is -7.17. The number of aliphatic carboxylic acids is 4. The Balaban J connectivity index is 3.82. The van der Waals surface area contributed by atoms with Gasteiger partial charge in [0.2, 0.25) is 30.0 Å². The minimum absolute atomic E-state index is 0.130. The predicted octanol–water partition coefficient (Wildman–Crippen LogP) is 1.49. The van der Waals surface area contributed by atoms with Gasteiger partial charge in [-0.15, -0.1) is 0 Å². The molecule has 5 amide bonds. The first-order chi connectivity index (χ1) is 29.3. The highest BCUT2D eigenvalue weighted by Crippen LogP contribution is 2.13. The number of rotatable bonds is 43. The molecule has 0 bridgehead atoms. The number of amides is 5. The third kappa shape index (κ3) is 35.6. The number of hydrogen-bond acceptors (Lipinski definition) is 12. The van der Waals surface area contributed by atoms with Crippen molar-refractivity contribution in [2.45, 2.75) is 147 Å². The van der Waals surface area contributed by atoms with Gasteiger partial charge in [0.25, 0.3) is 0 Å². The molecule has 350 valence electrons. The summed E-state index contributed by atoms with van der Waals surface area (Å²) in [6.07, 6.45) is 12.0. The molecule has 61 heavy (non-hydrogen) atoms. The summed E-state index contributed by atoms with van der Waals surface area (Å²) in [4.78, 5) is 104. The molecule has 3 atom stereocenters. The van der Waals surface area contributed by atoms with Gasteiger partial charge in [0.15, 0.2) is 0 Å². The summed E-state index contributed by atoms with van der Waals surface area (Å²) in [6.45, 7) is 2.37. The Hall–Kier alpha value is -4.89. The molecule has 0 heterocycles. The van der Waals surface area contributed by atoms with Crippen LogP contribution in [-0.4, -0.2) is 145 Å². The van der Waals surface area contributed by atoms with Crippen LogP contribution in [0.3, 0.4) is 0 Å². The van der Waals surface area contributed by atoms with Crippen molar-refractivity contribution >= 4 is 53.9 Å². The molecule has 21 heteroatoms. The number of unbranched alkanes of at least 4 members (excludes halogenated alkanes) is 11. The lowest BCUT2D eigenvalue weighted by atomic mass is 10.0. The molecule has 0 aromatic carbocycles. The van der Waals surface area contributed by atoms with Crippen LogP contribution in [0.1, 0.15) is 128 Å². The number of nitrogens with one attached hydrogen (secondary N) is 5. The predicted molar refractivity (Wildman–Crippen MR) is 218 cm³/mol. The fourth-order valence-electron chi connectivity index (χ4n) is 5.78. The third-order valence-corrected chi connectivity index (χ3v) is 9.13. The van der Waals surface area contributed by atoms with E-state index in [-0.39, 0.29) is 51.6 Å². The van der Waals surface area contributed by atoms with E-state index in [0.717, 1.165) is 64.2 Å². The summed E-state index contributed by atoms with van der Waals surface area (Å²) >= 11 is 0. The Morgan fingerprint density at radius 3 is 1.36 bits per heavy atom. The molecule has 0 saturated carbocycles. The minimum Gasteiger partial charge on any atom is -0.481 e. The smallest absolute Gasteiger partial charge is 0.326 e. The minimum atomic E-state index is -1.47. The van der Waals surface area contributed by atoms with E-state index in [2.05, 4.69) is 21.3 Å². The van der Waals surface area contributed by atoms with Gasteiger partial charge in [-0.05, 0) is 32.1 Å². The maximum Gasteiger partial charge on any atom is 0.326 e. The van der Waals surface area contributed by atoms with Crippen LogP contribution in [0.15, 0.2) is 0 Å². The van der Waals surface area contributed by atoms with Crippen molar-refractivity contribution in [1.82, 2.24) is 26.6 Å². The first kappa shape index (κ1) is 56.1. The zero-order valence-corrected chi connectivity index (χ0v) is 35.3. The Bertz CT molecular complexity index is 1300. The number of carboxylic acids is 4. The number of hydrogen-bond donors (Lipinski definition) is 9. The Morgan fingerprint density at radius 1 is 0.443 bits per heavy atom. The summed E-state index contributed by atoms with van der Waals surface area (Å²) in [5.41, 5.74) is 0. The van der Waals surface area contributed by atoms with E-state index in [1.54, 1.807) is 0 Å². The maximum absolute atomic E-state index is 12.3. The van der Waals surface area contributed by atoms with Gasteiger partial charge in [-0.3, -0.25) is 33.6 Å². The summed E-state index contributed by atoms with van der Waals surface area (Å²) < 4.78 is 16.3. The van der Waals surface area contributed by atoms with Gasteiger partial charge >= 0.3 is 23.9 Å². The second-order valence-electron chi connectivity index (χ2n) is 14.4. The first-order valence-corrected chi connectivity index (χ1v) is 21.2.